The number of anilines is 1. The minimum Gasteiger partial charge on any atom is -0.485 e. The molecule has 0 amide bonds. The highest BCUT2D eigenvalue weighted by atomic mass is 32.1. The summed E-state index contributed by atoms with van der Waals surface area (Å²) in [5, 5.41) is 10.1. The Morgan fingerprint density at radius 2 is 2.14 bits per heavy atom. The number of oxazole rings is 1. The molecule has 3 aromatic rings. The zero-order valence-electron chi connectivity index (χ0n) is 16.1. The van der Waals surface area contributed by atoms with Crippen molar-refractivity contribution < 1.29 is 18.7 Å². The second kappa shape index (κ2) is 8.89. The van der Waals surface area contributed by atoms with Crippen molar-refractivity contribution in [1.82, 2.24) is 14.9 Å². The largest absolute Gasteiger partial charge is 0.485 e. The Morgan fingerprint density at radius 1 is 1.31 bits per heavy atom. The van der Waals surface area contributed by atoms with Crippen LogP contribution in [0.15, 0.2) is 28.8 Å². The number of aromatic nitrogens is 2. The number of aliphatic hydroxyl groups excluding tert-OH is 1. The number of thiazole rings is 1. The molecule has 1 aromatic carbocycles. The van der Waals surface area contributed by atoms with E-state index in [9.17, 15) is 4.39 Å². The third kappa shape index (κ3) is 4.75. The Kier molecular flexibility index (Phi) is 6.08. The summed E-state index contributed by atoms with van der Waals surface area (Å²) >= 11 is 1.64. The molecule has 9 heteroatoms. The van der Waals surface area contributed by atoms with E-state index in [-0.39, 0.29) is 6.61 Å². The van der Waals surface area contributed by atoms with Crippen LogP contribution in [0.4, 0.5) is 9.52 Å². The summed E-state index contributed by atoms with van der Waals surface area (Å²) in [7, 11) is 2.13. The van der Waals surface area contributed by atoms with Gasteiger partial charge in [0.1, 0.15) is 24.0 Å². The fourth-order valence-corrected chi connectivity index (χ4v) is 3.90. The van der Waals surface area contributed by atoms with E-state index in [1.54, 1.807) is 35.6 Å². The van der Waals surface area contributed by atoms with Gasteiger partial charge in [0.2, 0.25) is 5.89 Å². The van der Waals surface area contributed by atoms with Gasteiger partial charge in [0.05, 0.1) is 6.61 Å². The Morgan fingerprint density at radius 3 is 2.90 bits per heavy atom. The molecule has 7 nitrogen and oxygen atoms in total. The zero-order valence-corrected chi connectivity index (χ0v) is 16.9. The van der Waals surface area contributed by atoms with E-state index in [1.807, 2.05) is 12.3 Å². The van der Waals surface area contributed by atoms with Crippen LogP contribution in [0.2, 0.25) is 0 Å². The van der Waals surface area contributed by atoms with Crippen molar-refractivity contribution in [1.29, 1.82) is 0 Å². The quantitative estimate of drug-likeness (QED) is 0.632. The molecular weight excluding hydrogens is 395 g/mol. The predicted octanol–water partition coefficient (Wildman–Crippen LogP) is 2.92. The number of fused-ring (bicyclic) bond motifs is 1. The van der Waals surface area contributed by atoms with Gasteiger partial charge in [-0.25, -0.2) is 14.4 Å². The van der Waals surface area contributed by atoms with Gasteiger partial charge in [-0.2, -0.15) is 0 Å². The minimum absolute atomic E-state index is 0.385. The molecule has 4 rings (SSSR count). The zero-order chi connectivity index (χ0) is 20.2. The van der Waals surface area contributed by atoms with Gasteiger partial charge in [0.25, 0.3) is 0 Å². The van der Waals surface area contributed by atoms with Crippen molar-refractivity contribution in [2.75, 3.05) is 51.4 Å². The standard InChI is InChI=1S/C20H23FN4O3S/c1-24-6-8-25(9-7-24)20-22-12-16(29-20)3-5-19-23-17-4-2-14(10-18(17)28-19)27-15(11-21)13-26/h2-5,10,12,15,26H,6-9,11,13H2,1H3. The maximum absolute atomic E-state index is 12.7. The molecule has 1 saturated heterocycles. The number of hydrogen-bond donors (Lipinski definition) is 1. The molecule has 1 unspecified atom stereocenters. The van der Waals surface area contributed by atoms with Crippen molar-refractivity contribution in [2.24, 2.45) is 0 Å². The maximum Gasteiger partial charge on any atom is 0.220 e. The lowest BCUT2D eigenvalue weighted by Gasteiger charge is -2.32. The topological polar surface area (TPSA) is 74.9 Å². The molecule has 0 bridgehead atoms. The molecule has 3 heterocycles. The number of aliphatic hydroxyl groups is 1. The molecule has 29 heavy (non-hydrogen) atoms. The first-order valence-corrected chi connectivity index (χ1v) is 10.3. The van der Waals surface area contributed by atoms with Gasteiger partial charge in [-0.05, 0) is 25.3 Å². The predicted molar refractivity (Wildman–Crippen MR) is 112 cm³/mol. The first-order chi connectivity index (χ1) is 14.1. The Labute approximate surface area is 172 Å². The summed E-state index contributed by atoms with van der Waals surface area (Å²) in [5.74, 6) is 0.899. The molecule has 1 aliphatic heterocycles. The van der Waals surface area contributed by atoms with Crippen molar-refractivity contribution in [3.8, 4) is 5.75 Å². The molecule has 2 aromatic heterocycles. The summed E-state index contributed by atoms with van der Waals surface area (Å²) in [6, 6.07) is 5.08. The first kappa shape index (κ1) is 19.8. The van der Waals surface area contributed by atoms with E-state index in [0.717, 1.165) is 36.2 Å². The summed E-state index contributed by atoms with van der Waals surface area (Å²) in [6.45, 7) is 2.92. The van der Waals surface area contributed by atoms with Gasteiger partial charge in [-0.15, -0.1) is 0 Å². The van der Waals surface area contributed by atoms with E-state index in [2.05, 4.69) is 26.8 Å². The van der Waals surface area contributed by atoms with Crippen LogP contribution in [0.1, 0.15) is 10.8 Å². The SMILES string of the molecule is CN1CCN(c2ncc(C=Cc3nc4ccc(OC(CO)CF)cc4o3)s2)CC1. The smallest absolute Gasteiger partial charge is 0.220 e. The van der Waals surface area contributed by atoms with Gasteiger partial charge in [0, 0.05) is 49.4 Å². The number of nitrogens with zero attached hydrogens (tertiary/aromatic N) is 4. The number of likely N-dealkylation sites (N-methyl/N-ethyl adjacent to an activating group) is 1. The number of hydrogen-bond acceptors (Lipinski definition) is 8. The van der Waals surface area contributed by atoms with Gasteiger partial charge in [-0.3, -0.25) is 0 Å². The Hall–Kier alpha value is -2.49. The van der Waals surface area contributed by atoms with E-state index in [4.69, 9.17) is 14.3 Å². The third-order valence-electron chi connectivity index (χ3n) is 4.73. The molecule has 0 radical (unpaired) electrons. The molecule has 0 spiro atoms. The fourth-order valence-electron chi connectivity index (χ4n) is 3.03. The average molecular weight is 418 g/mol. The Bertz CT molecular complexity index is 977. The monoisotopic (exact) mass is 418 g/mol. The van der Waals surface area contributed by atoms with Gasteiger partial charge in [-0.1, -0.05) is 11.3 Å². The van der Waals surface area contributed by atoms with Gasteiger partial charge in [0.15, 0.2) is 10.7 Å². The lowest BCUT2D eigenvalue weighted by molar-refractivity contribution is 0.0932. The summed E-state index contributed by atoms with van der Waals surface area (Å²) in [6.07, 6.45) is 4.72. The minimum atomic E-state index is -0.879. The van der Waals surface area contributed by atoms with Crippen molar-refractivity contribution in [2.45, 2.75) is 6.10 Å². The summed E-state index contributed by atoms with van der Waals surface area (Å²) in [4.78, 5) is 14.6. The highest BCUT2D eigenvalue weighted by Gasteiger charge is 2.16. The number of benzene rings is 1. The van der Waals surface area contributed by atoms with E-state index in [1.165, 1.54) is 0 Å². The molecule has 154 valence electrons. The number of rotatable bonds is 7. The molecule has 0 saturated carbocycles. The van der Waals surface area contributed by atoms with Crippen LogP contribution in [0.3, 0.4) is 0 Å². The molecule has 0 aliphatic carbocycles. The van der Waals surface area contributed by atoms with Crippen LogP contribution in [-0.2, 0) is 0 Å². The summed E-state index contributed by atoms with van der Waals surface area (Å²) in [5.41, 5.74) is 1.22. The average Bonchev–Trinajstić information content (AvgIpc) is 3.37. The lowest BCUT2D eigenvalue weighted by Crippen LogP contribution is -2.44. The van der Waals surface area contributed by atoms with E-state index in [0.29, 0.717) is 22.7 Å². The van der Waals surface area contributed by atoms with Crippen molar-refractivity contribution >= 4 is 39.7 Å². The van der Waals surface area contributed by atoms with Gasteiger partial charge >= 0.3 is 0 Å². The summed E-state index contributed by atoms with van der Waals surface area (Å²) < 4.78 is 23.9. The number of piperazine rings is 1. The molecular formula is C20H23FN4O3S. The van der Waals surface area contributed by atoms with Crippen LogP contribution >= 0.6 is 11.3 Å². The lowest BCUT2D eigenvalue weighted by atomic mass is 10.3. The molecule has 1 atom stereocenters. The number of halogens is 1. The van der Waals surface area contributed by atoms with Crippen LogP contribution < -0.4 is 9.64 Å². The normalized spacial score (nSPS) is 16.7. The van der Waals surface area contributed by atoms with E-state index < -0.39 is 12.8 Å². The van der Waals surface area contributed by atoms with Crippen LogP contribution in [0.5, 0.6) is 5.75 Å². The van der Waals surface area contributed by atoms with Crippen LogP contribution in [0, 0.1) is 0 Å². The highest BCUT2D eigenvalue weighted by molar-refractivity contribution is 7.16. The first-order valence-electron chi connectivity index (χ1n) is 9.46. The van der Waals surface area contributed by atoms with Gasteiger partial charge < -0.3 is 24.1 Å². The number of ether oxygens (including phenoxy) is 1. The molecule has 1 fully saturated rings. The maximum atomic E-state index is 12.7. The van der Waals surface area contributed by atoms with Crippen molar-refractivity contribution in [3.05, 3.63) is 35.2 Å². The van der Waals surface area contributed by atoms with Crippen molar-refractivity contribution in [3.63, 3.8) is 0 Å². The number of alkyl halides is 1. The Balaban J connectivity index is 1.44. The van der Waals surface area contributed by atoms with E-state index >= 15 is 0 Å². The van der Waals surface area contributed by atoms with Crippen LogP contribution in [-0.4, -0.2) is 72.6 Å². The second-order valence-corrected chi connectivity index (χ2v) is 7.97. The van der Waals surface area contributed by atoms with Crippen LogP contribution in [0.25, 0.3) is 23.3 Å². The third-order valence-corrected chi connectivity index (χ3v) is 5.75. The highest BCUT2D eigenvalue weighted by Crippen LogP contribution is 2.26. The molecule has 1 aliphatic rings. The second-order valence-electron chi connectivity index (χ2n) is 6.93. The molecule has 1 N–H and O–H groups in total. The fraction of sp³-hybridized carbons (Fsp3) is 0.400.